The first kappa shape index (κ1) is 13.0. The number of phenolic OH excluding ortho intramolecular Hbond substituents is 2. The fraction of sp³-hybridized carbons (Fsp3) is 0.500. The minimum absolute atomic E-state index is 0.0758. The summed E-state index contributed by atoms with van der Waals surface area (Å²) in [6, 6.07) is 2.54. The molecule has 4 nitrogen and oxygen atoms in total. The molecule has 1 heterocycles. The molecule has 0 saturated carbocycles. The van der Waals surface area contributed by atoms with Gasteiger partial charge < -0.3 is 15.5 Å². The topological polar surface area (TPSA) is 55.7 Å². The molecule has 100 valence electrons. The van der Waals surface area contributed by atoms with E-state index in [2.05, 4.69) is 5.32 Å². The van der Waals surface area contributed by atoms with E-state index in [1.807, 2.05) is 0 Å². The zero-order valence-corrected chi connectivity index (χ0v) is 9.81. The van der Waals surface area contributed by atoms with E-state index < -0.39 is 12.5 Å². The van der Waals surface area contributed by atoms with Crippen LogP contribution >= 0.6 is 0 Å². The summed E-state index contributed by atoms with van der Waals surface area (Å²) in [6.45, 7) is 2.26. The molecular weight excluding hydrogens is 242 g/mol. The van der Waals surface area contributed by atoms with Crippen molar-refractivity contribution in [2.24, 2.45) is 0 Å². The molecule has 0 spiro atoms. The molecule has 6 heteroatoms. The lowest BCUT2D eigenvalue weighted by Crippen LogP contribution is -2.46. The molecule has 0 amide bonds. The number of aromatic hydroxyl groups is 2. The SMILES string of the molecule is Oc1ccc(O)c([C@H](C(F)F)N2CCNCC2)c1. The fourth-order valence-corrected chi connectivity index (χ4v) is 2.23. The van der Waals surface area contributed by atoms with E-state index in [0.717, 1.165) is 0 Å². The summed E-state index contributed by atoms with van der Waals surface area (Å²) in [7, 11) is 0. The van der Waals surface area contributed by atoms with Crippen LogP contribution < -0.4 is 5.32 Å². The third-order valence-corrected chi connectivity index (χ3v) is 3.11. The summed E-state index contributed by atoms with van der Waals surface area (Å²) < 4.78 is 26.5. The molecule has 0 unspecified atom stereocenters. The van der Waals surface area contributed by atoms with Gasteiger partial charge in [-0.15, -0.1) is 0 Å². The molecule has 1 aromatic rings. The van der Waals surface area contributed by atoms with Gasteiger partial charge in [0.1, 0.15) is 17.5 Å². The van der Waals surface area contributed by atoms with Crippen LogP contribution in [-0.2, 0) is 0 Å². The molecule has 18 heavy (non-hydrogen) atoms. The number of phenols is 2. The van der Waals surface area contributed by atoms with Crippen LogP contribution in [0, 0.1) is 0 Å². The highest BCUT2D eigenvalue weighted by Crippen LogP contribution is 2.35. The van der Waals surface area contributed by atoms with Crippen molar-refractivity contribution in [1.82, 2.24) is 10.2 Å². The largest absolute Gasteiger partial charge is 0.508 e. The average Bonchev–Trinajstić information content (AvgIpc) is 2.35. The number of piperazine rings is 1. The highest BCUT2D eigenvalue weighted by atomic mass is 19.3. The Labute approximate surface area is 104 Å². The van der Waals surface area contributed by atoms with Crippen molar-refractivity contribution in [2.45, 2.75) is 12.5 Å². The van der Waals surface area contributed by atoms with E-state index >= 15 is 0 Å². The third-order valence-electron chi connectivity index (χ3n) is 3.11. The predicted octanol–water partition coefficient (Wildman–Crippen LogP) is 1.31. The summed E-state index contributed by atoms with van der Waals surface area (Å²) in [5.74, 6) is -0.333. The van der Waals surface area contributed by atoms with Crippen molar-refractivity contribution in [1.29, 1.82) is 0 Å². The number of hydrogen-bond donors (Lipinski definition) is 3. The Kier molecular flexibility index (Phi) is 3.98. The van der Waals surface area contributed by atoms with Crippen LogP contribution in [0.4, 0.5) is 8.78 Å². The number of benzene rings is 1. The minimum Gasteiger partial charge on any atom is -0.508 e. The molecule has 0 radical (unpaired) electrons. The van der Waals surface area contributed by atoms with Gasteiger partial charge in [-0.3, -0.25) is 4.90 Å². The lowest BCUT2D eigenvalue weighted by Gasteiger charge is -2.34. The van der Waals surface area contributed by atoms with E-state index in [-0.39, 0.29) is 17.1 Å². The Balaban J connectivity index is 2.31. The summed E-state index contributed by atoms with van der Waals surface area (Å²) in [4.78, 5) is 1.62. The van der Waals surface area contributed by atoms with Crippen LogP contribution in [0.3, 0.4) is 0 Å². The molecule has 1 aromatic carbocycles. The van der Waals surface area contributed by atoms with E-state index in [1.165, 1.54) is 18.2 Å². The van der Waals surface area contributed by atoms with Crippen molar-refractivity contribution in [2.75, 3.05) is 26.2 Å². The third kappa shape index (κ3) is 2.70. The molecule has 1 fully saturated rings. The van der Waals surface area contributed by atoms with Gasteiger partial charge in [0.05, 0.1) is 0 Å². The standard InChI is InChI=1S/C12H16F2N2O2/c13-12(14)11(16-5-3-15-4-6-16)9-7-8(17)1-2-10(9)18/h1-2,7,11-12,15,17-18H,3-6H2/t11-/m1/s1. The van der Waals surface area contributed by atoms with Crippen LogP contribution in [0.2, 0.25) is 0 Å². The van der Waals surface area contributed by atoms with Crippen molar-refractivity contribution in [3.05, 3.63) is 23.8 Å². The highest BCUT2D eigenvalue weighted by molar-refractivity contribution is 5.41. The van der Waals surface area contributed by atoms with Crippen molar-refractivity contribution >= 4 is 0 Å². The van der Waals surface area contributed by atoms with Gasteiger partial charge in [-0.1, -0.05) is 0 Å². The predicted molar refractivity (Wildman–Crippen MR) is 63.0 cm³/mol. The van der Waals surface area contributed by atoms with E-state index in [0.29, 0.717) is 26.2 Å². The van der Waals surface area contributed by atoms with Crippen LogP contribution in [-0.4, -0.2) is 47.7 Å². The Morgan fingerprint density at radius 2 is 1.83 bits per heavy atom. The molecule has 3 N–H and O–H groups in total. The van der Waals surface area contributed by atoms with E-state index in [9.17, 15) is 19.0 Å². The molecule has 0 aromatic heterocycles. The molecule has 1 saturated heterocycles. The maximum atomic E-state index is 13.2. The summed E-state index contributed by atoms with van der Waals surface area (Å²) in [5, 5.41) is 22.2. The zero-order chi connectivity index (χ0) is 13.1. The number of nitrogens with one attached hydrogen (secondary N) is 1. The Hall–Kier alpha value is -1.40. The molecule has 0 bridgehead atoms. The van der Waals surface area contributed by atoms with Crippen molar-refractivity contribution < 1.29 is 19.0 Å². The number of rotatable bonds is 3. The second-order valence-electron chi connectivity index (χ2n) is 4.31. The maximum absolute atomic E-state index is 13.2. The van der Waals surface area contributed by atoms with Crippen LogP contribution in [0.25, 0.3) is 0 Å². The van der Waals surface area contributed by atoms with E-state index in [4.69, 9.17) is 0 Å². The second kappa shape index (κ2) is 5.49. The van der Waals surface area contributed by atoms with Gasteiger partial charge in [0.2, 0.25) is 0 Å². The van der Waals surface area contributed by atoms with Crippen molar-refractivity contribution in [3.63, 3.8) is 0 Å². The van der Waals surface area contributed by atoms with Gasteiger partial charge >= 0.3 is 0 Å². The van der Waals surface area contributed by atoms with Crippen LogP contribution in [0.1, 0.15) is 11.6 Å². The molecular formula is C12H16F2N2O2. The van der Waals surface area contributed by atoms with Gasteiger partial charge in [-0.2, -0.15) is 0 Å². The molecule has 1 atom stereocenters. The zero-order valence-electron chi connectivity index (χ0n) is 9.81. The molecule has 0 aliphatic carbocycles. The van der Waals surface area contributed by atoms with Gasteiger partial charge in [0.25, 0.3) is 6.43 Å². The molecule has 1 aliphatic rings. The summed E-state index contributed by atoms with van der Waals surface area (Å²) in [5.41, 5.74) is 0.0758. The normalized spacial score (nSPS) is 19.1. The van der Waals surface area contributed by atoms with E-state index in [1.54, 1.807) is 4.90 Å². The van der Waals surface area contributed by atoms with Gasteiger partial charge in [-0.05, 0) is 18.2 Å². The first-order chi connectivity index (χ1) is 8.59. The Morgan fingerprint density at radius 1 is 1.17 bits per heavy atom. The Bertz CT molecular complexity index is 409. The monoisotopic (exact) mass is 258 g/mol. The lowest BCUT2D eigenvalue weighted by molar-refractivity contribution is 0.0169. The van der Waals surface area contributed by atoms with Gasteiger partial charge in [0.15, 0.2) is 0 Å². The second-order valence-corrected chi connectivity index (χ2v) is 4.31. The maximum Gasteiger partial charge on any atom is 0.258 e. The Morgan fingerprint density at radius 3 is 2.44 bits per heavy atom. The molecule has 2 rings (SSSR count). The lowest BCUT2D eigenvalue weighted by atomic mass is 10.0. The first-order valence-electron chi connectivity index (χ1n) is 5.84. The number of hydrogen-bond acceptors (Lipinski definition) is 4. The minimum atomic E-state index is -2.62. The number of alkyl halides is 2. The summed E-state index contributed by atoms with van der Waals surface area (Å²) >= 11 is 0. The highest BCUT2D eigenvalue weighted by Gasteiger charge is 2.32. The van der Waals surface area contributed by atoms with Crippen molar-refractivity contribution in [3.8, 4) is 11.5 Å². The number of halogens is 2. The van der Waals surface area contributed by atoms with Gasteiger partial charge in [-0.25, -0.2) is 8.78 Å². The fourth-order valence-electron chi connectivity index (χ4n) is 2.23. The summed E-state index contributed by atoms with van der Waals surface area (Å²) in [6.07, 6.45) is -2.62. The quantitative estimate of drug-likeness (QED) is 0.715. The molecule has 1 aliphatic heterocycles. The van der Waals surface area contributed by atoms with Gasteiger partial charge in [0, 0.05) is 31.7 Å². The van der Waals surface area contributed by atoms with Crippen LogP contribution in [0.5, 0.6) is 11.5 Å². The number of nitrogens with zero attached hydrogens (tertiary/aromatic N) is 1. The first-order valence-corrected chi connectivity index (χ1v) is 5.84. The average molecular weight is 258 g/mol. The van der Waals surface area contributed by atoms with Crippen LogP contribution in [0.15, 0.2) is 18.2 Å². The smallest absolute Gasteiger partial charge is 0.258 e.